The van der Waals surface area contributed by atoms with Gasteiger partial charge >= 0.3 is 0 Å². The topological polar surface area (TPSA) is 55.1 Å². The molecule has 1 atom stereocenters. The SMILES string of the molecule is CC(NC(=O)c1cc(N)c(F)cc1Br)c1cccc(Cl)c1. The molecule has 0 saturated heterocycles. The molecule has 21 heavy (non-hydrogen) atoms. The highest BCUT2D eigenvalue weighted by Crippen LogP contribution is 2.24. The average molecular weight is 372 g/mol. The number of nitrogen functional groups attached to an aromatic ring is 1. The Morgan fingerprint density at radius 1 is 1.38 bits per heavy atom. The fourth-order valence-electron chi connectivity index (χ4n) is 1.87. The predicted octanol–water partition coefficient (Wildman–Crippen LogP) is 4.31. The molecule has 110 valence electrons. The van der Waals surface area contributed by atoms with Crippen LogP contribution in [0.2, 0.25) is 5.02 Å². The Balaban J connectivity index is 2.20. The van der Waals surface area contributed by atoms with E-state index in [2.05, 4.69) is 21.2 Å². The maximum atomic E-state index is 13.3. The van der Waals surface area contributed by atoms with E-state index in [1.165, 1.54) is 12.1 Å². The van der Waals surface area contributed by atoms with E-state index in [9.17, 15) is 9.18 Å². The molecule has 0 aliphatic heterocycles. The first-order valence-electron chi connectivity index (χ1n) is 6.19. The molecule has 0 spiro atoms. The second kappa shape index (κ2) is 6.45. The van der Waals surface area contributed by atoms with Crippen molar-refractivity contribution in [3.8, 4) is 0 Å². The standard InChI is InChI=1S/C15H13BrClFN2O/c1-8(9-3-2-4-10(17)5-9)20-15(21)11-6-14(19)13(18)7-12(11)16/h2-8H,19H2,1H3,(H,20,21). The molecular weight excluding hydrogens is 359 g/mol. The maximum absolute atomic E-state index is 13.3. The minimum atomic E-state index is -0.568. The third-order valence-electron chi connectivity index (χ3n) is 3.03. The fourth-order valence-corrected chi connectivity index (χ4v) is 2.57. The first-order valence-corrected chi connectivity index (χ1v) is 7.36. The number of carbonyl (C=O) groups is 1. The lowest BCUT2D eigenvalue weighted by Crippen LogP contribution is -2.27. The second-order valence-electron chi connectivity index (χ2n) is 4.60. The van der Waals surface area contributed by atoms with Gasteiger partial charge in [-0.1, -0.05) is 23.7 Å². The largest absolute Gasteiger partial charge is 0.396 e. The third kappa shape index (κ3) is 3.74. The molecule has 1 amide bonds. The van der Waals surface area contributed by atoms with E-state index in [0.29, 0.717) is 9.50 Å². The molecule has 2 aromatic carbocycles. The van der Waals surface area contributed by atoms with Crippen molar-refractivity contribution in [1.82, 2.24) is 5.32 Å². The quantitative estimate of drug-likeness (QED) is 0.790. The second-order valence-corrected chi connectivity index (χ2v) is 5.89. The monoisotopic (exact) mass is 370 g/mol. The van der Waals surface area contributed by atoms with Gasteiger partial charge in [-0.15, -0.1) is 0 Å². The van der Waals surface area contributed by atoms with Crippen molar-refractivity contribution >= 4 is 39.1 Å². The van der Waals surface area contributed by atoms with Gasteiger partial charge in [0.05, 0.1) is 17.3 Å². The molecule has 3 nitrogen and oxygen atoms in total. The van der Waals surface area contributed by atoms with Crippen LogP contribution >= 0.6 is 27.5 Å². The van der Waals surface area contributed by atoms with Crippen molar-refractivity contribution in [2.75, 3.05) is 5.73 Å². The summed E-state index contributed by atoms with van der Waals surface area (Å²) in [5.74, 6) is -0.914. The Morgan fingerprint density at radius 3 is 2.76 bits per heavy atom. The summed E-state index contributed by atoms with van der Waals surface area (Å²) < 4.78 is 13.6. The number of benzene rings is 2. The Hall–Kier alpha value is -1.59. The lowest BCUT2D eigenvalue weighted by atomic mass is 10.1. The third-order valence-corrected chi connectivity index (χ3v) is 3.92. The minimum Gasteiger partial charge on any atom is -0.396 e. The summed E-state index contributed by atoms with van der Waals surface area (Å²) >= 11 is 9.09. The summed E-state index contributed by atoms with van der Waals surface area (Å²) in [4.78, 5) is 12.2. The summed E-state index contributed by atoms with van der Waals surface area (Å²) in [5, 5.41) is 3.42. The van der Waals surface area contributed by atoms with Gasteiger partial charge in [-0.25, -0.2) is 4.39 Å². The molecule has 0 saturated carbocycles. The summed E-state index contributed by atoms with van der Waals surface area (Å²) in [5.41, 5.74) is 6.58. The molecule has 0 heterocycles. The molecule has 0 aliphatic carbocycles. The lowest BCUT2D eigenvalue weighted by molar-refractivity contribution is 0.0939. The highest BCUT2D eigenvalue weighted by atomic mass is 79.9. The fraction of sp³-hybridized carbons (Fsp3) is 0.133. The van der Waals surface area contributed by atoms with Gasteiger partial charge in [0, 0.05) is 9.50 Å². The maximum Gasteiger partial charge on any atom is 0.252 e. The van der Waals surface area contributed by atoms with Crippen molar-refractivity contribution in [2.24, 2.45) is 0 Å². The predicted molar refractivity (Wildman–Crippen MR) is 85.8 cm³/mol. The number of nitrogens with two attached hydrogens (primary N) is 1. The number of hydrogen-bond acceptors (Lipinski definition) is 2. The van der Waals surface area contributed by atoms with E-state index in [1.54, 1.807) is 12.1 Å². The molecule has 0 aliphatic rings. The zero-order valence-electron chi connectivity index (χ0n) is 11.2. The van der Waals surface area contributed by atoms with Crippen LogP contribution < -0.4 is 11.1 Å². The van der Waals surface area contributed by atoms with E-state index in [0.717, 1.165) is 5.56 Å². The summed E-state index contributed by atoms with van der Waals surface area (Å²) in [7, 11) is 0. The number of anilines is 1. The molecule has 0 fully saturated rings. The Morgan fingerprint density at radius 2 is 2.10 bits per heavy atom. The zero-order chi connectivity index (χ0) is 15.6. The van der Waals surface area contributed by atoms with Crippen LogP contribution in [0.3, 0.4) is 0 Å². The van der Waals surface area contributed by atoms with E-state index >= 15 is 0 Å². The van der Waals surface area contributed by atoms with Crippen LogP contribution in [0.1, 0.15) is 28.9 Å². The number of halogens is 3. The first kappa shape index (κ1) is 15.8. The molecule has 0 aromatic heterocycles. The smallest absolute Gasteiger partial charge is 0.252 e. The van der Waals surface area contributed by atoms with Gasteiger partial charge in [0.15, 0.2) is 0 Å². The number of hydrogen-bond donors (Lipinski definition) is 2. The Kier molecular flexibility index (Phi) is 4.85. The minimum absolute atomic E-state index is 0.0706. The molecule has 0 bridgehead atoms. The summed E-state index contributed by atoms with van der Waals surface area (Å²) in [6.07, 6.45) is 0. The van der Waals surface area contributed by atoms with E-state index < -0.39 is 5.82 Å². The number of amides is 1. The van der Waals surface area contributed by atoms with Crippen LogP contribution in [-0.2, 0) is 0 Å². The number of carbonyl (C=O) groups excluding carboxylic acids is 1. The van der Waals surface area contributed by atoms with Crippen LogP contribution in [0.5, 0.6) is 0 Å². The van der Waals surface area contributed by atoms with Crippen LogP contribution in [0.15, 0.2) is 40.9 Å². The Labute approximate surface area is 135 Å². The van der Waals surface area contributed by atoms with Crippen molar-refractivity contribution in [3.63, 3.8) is 0 Å². The molecular formula is C15H13BrClFN2O. The van der Waals surface area contributed by atoms with Gasteiger partial charge in [0.25, 0.3) is 5.91 Å². The normalized spacial score (nSPS) is 12.0. The highest BCUT2D eigenvalue weighted by molar-refractivity contribution is 9.10. The van der Waals surface area contributed by atoms with Gasteiger partial charge in [-0.3, -0.25) is 4.79 Å². The van der Waals surface area contributed by atoms with Crippen molar-refractivity contribution in [3.05, 3.63) is 62.8 Å². The zero-order valence-corrected chi connectivity index (χ0v) is 13.5. The molecule has 2 aromatic rings. The van der Waals surface area contributed by atoms with Crippen LogP contribution in [-0.4, -0.2) is 5.91 Å². The highest BCUT2D eigenvalue weighted by Gasteiger charge is 2.16. The number of rotatable bonds is 3. The van der Waals surface area contributed by atoms with Gasteiger partial charge < -0.3 is 11.1 Å². The molecule has 0 radical (unpaired) electrons. The van der Waals surface area contributed by atoms with Crippen LogP contribution in [0, 0.1) is 5.82 Å². The van der Waals surface area contributed by atoms with Crippen LogP contribution in [0.25, 0.3) is 0 Å². The molecule has 6 heteroatoms. The lowest BCUT2D eigenvalue weighted by Gasteiger charge is -2.15. The summed E-state index contributed by atoms with van der Waals surface area (Å²) in [6.45, 7) is 1.84. The van der Waals surface area contributed by atoms with Crippen molar-refractivity contribution in [1.29, 1.82) is 0 Å². The van der Waals surface area contributed by atoms with Crippen LogP contribution in [0.4, 0.5) is 10.1 Å². The van der Waals surface area contributed by atoms with Gasteiger partial charge in [0.2, 0.25) is 0 Å². The van der Waals surface area contributed by atoms with Crippen molar-refractivity contribution < 1.29 is 9.18 Å². The van der Waals surface area contributed by atoms with E-state index in [1.807, 2.05) is 19.1 Å². The first-order chi connectivity index (χ1) is 9.88. The number of nitrogens with one attached hydrogen (secondary N) is 1. The average Bonchev–Trinajstić information content (AvgIpc) is 2.42. The van der Waals surface area contributed by atoms with Crippen molar-refractivity contribution in [2.45, 2.75) is 13.0 Å². The van der Waals surface area contributed by atoms with Gasteiger partial charge in [-0.2, -0.15) is 0 Å². The van der Waals surface area contributed by atoms with Gasteiger partial charge in [-0.05, 0) is 52.7 Å². The van der Waals surface area contributed by atoms with E-state index in [4.69, 9.17) is 17.3 Å². The van der Waals surface area contributed by atoms with Gasteiger partial charge in [0.1, 0.15) is 5.82 Å². The molecule has 3 N–H and O–H groups in total. The summed E-state index contributed by atoms with van der Waals surface area (Å²) in [6, 6.07) is 9.46. The molecule has 2 rings (SSSR count). The molecule has 1 unspecified atom stereocenters. The Bertz CT molecular complexity index is 693. The van der Waals surface area contributed by atoms with E-state index in [-0.39, 0.29) is 23.2 Å².